The maximum Gasteiger partial charge on any atom is 0.326 e. The lowest BCUT2D eigenvalue weighted by molar-refractivity contribution is -0.126. The summed E-state index contributed by atoms with van der Waals surface area (Å²) in [4.78, 5) is 14.3. The Morgan fingerprint density at radius 3 is 2.75 bits per heavy atom. The van der Waals surface area contributed by atoms with Crippen LogP contribution >= 0.6 is 0 Å². The minimum Gasteiger partial charge on any atom is -0.361 e. The zero-order chi connectivity index (χ0) is 11.8. The second kappa shape index (κ2) is 6.45. The van der Waals surface area contributed by atoms with Gasteiger partial charge in [0, 0.05) is 0 Å². The van der Waals surface area contributed by atoms with Crippen LogP contribution in [0.15, 0.2) is 43.0 Å². The molecule has 16 heavy (non-hydrogen) atoms. The average Bonchev–Trinajstić information content (AvgIpc) is 2.31. The van der Waals surface area contributed by atoms with Gasteiger partial charge in [0.05, 0.1) is 6.61 Å². The quantitative estimate of drug-likeness (QED) is 0.315. The van der Waals surface area contributed by atoms with Crippen molar-refractivity contribution in [2.75, 3.05) is 6.61 Å². The van der Waals surface area contributed by atoms with Crippen molar-refractivity contribution >= 4 is 12.0 Å². The summed E-state index contributed by atoms with van der Waals surface area (Å²) in [6, 6.07) is 9.01. The van der Waals surface area contributed by atoms with E-state index in [1.807, 2.05) is 18.2 Å². The highest BCUT2D eigenvalue weighted by Crippen LogP contribution is 2.17. The number of Topliss-reactive ketones (excluding diaryl/α,β-unsaturated/α-hetero) is 1. The van der Waals surface area contributed by atoms with Crippen molar-refractivity contribution in [3.63, 3.8) is 0 Å². The third-order valence-corrected chi connectivity index (χ3v) is 1.93. The van der Waals surface area contributed by atoms with Crippen LogP contribution in [0.3, 0.4) is 0 Å². The van der Waals surface area contributed by atoms with Crippen molar-refractivity contribution in [2.24, 2.45) is 0 Å². The molecule has 0 bridgehead atoms. The van der Waals surface area contributed by atoms with E-state index in [1.54, 1.807) is 18.2 Å². The van der Waals surface area contributed by atoms with Crippen LogP contribution in [0.5, 0.6) is 0 Å². The molecule has 0 aromatic heterocycles. The SMILES string of the molecule is C=CCOC(C(=O)C=[N+]=[N-])c1ccccc1. The van der Waals surface area contributed by atoms with Gasteiger partial charge in [-0.25, -0.2) is 0 Å². The Labute approximate surface area is 93.8 Å². The molecule has 1 unspecified atom stereocenters. The molecular formula is C12H12N2O2. The van der Waals surface area contributed by atoms with Crippen molar-refractivity contribution in [3.05, 3.63) is 54.1 Å². The van der Waals surface area contributed by atoms with Gasteiger partial charge < -0.3 is 10.3 Å². The van der Waals surface area contributed by atoms with E-state index in [1.165, 1.54) is 0 Å². The first-order valence-electron chi connectivity index (χ1n) is 4.78. The number of carbonyl (C=O) groups excluding carboxylic acids is 1. The summed E-state index contributed by atoms with van der Waals surface area (Å²) in [7, 11) is 0. The minimum absolute atomic E-state index is 0.255. The lowest BCUT2D eigenvalue weighted by Gasteiger charge is -2.12. The standard InChI is InChI=1S/C12H12N2O2/c1-2-8-16-12(11(15)9-14-13)10-6-4-3-5-7-10/h2-7,9,12H,1,8H2. The molecule has 1 aromatic rings. The van der Waals surface area contributed by atoms with E-state index in [9.17, 15) is 4.79 Å². The molecule has 0 radical (unpaired) electrons. The monoisotopic (exact) mass is 216 g/mol. The molecule has 0 spiro atoms. The van der Waals surface area contributed by atoms with Gasteiger partial charge in [-0.15, -0.1) is 6.58 Å². The number of carbonyl (C=O) groups is 1. The van der Waals surface area contributed by atoms with Crippen molar-refractivity contribution in [3.8, 4) is 0 Å². The first-order chi connectivity index (χ1) is 7.79. The predicted molar refractivity (Wildman–Crippen MR) is 60.0 cm³/mol. The van der Waals surface area contributed by atoms with E-state index >= 15 is 0 Å². The zero-order valence-electron chi connectivity index (χ0n) is 8.74. The van der Waals surface area contributed by atoms with Crippen LogP contribution in [0.25, 0.3) is 5.53 Å². The summed E-state index contributed by atoms with van der Waals surface area (Å²) in [6.07, 6.45) is 1.63. The van der Waals surface area contributed by atoms with E-state index in [-0.39, 0.29) is 6.61 Å². The Bertz CT molecular complexity index is 408. The lowest BCUT2D eigenvalue weighted by atomic mass is 10.1. The van der Waals surface area contributed by atoms with Gasteiger partial charge in [0.25, 0.3) is 5.78 Å². The van der Waals surface area contributed by atoms with E-state index < -0.39 is 11.9 Å². The van der Waals surface area contributed by atoms with Crippen molar-refractivity contribution in [1.82, 2.24) is 0 Å². The fourth-order valence-electron chi connectivity index (χ4n) is 1.26. The first kappa shape index (κ1) is 12.0. The largest absolute Gasteiger partial charge is 0.361 e. The average molecular weight is 216 g/mol. The van der Waals surface area contributed by atoms with Gasteiger partial charge in [-0.3, -0.25) is 4.79 Å². The molecule has 0 saturated heterocycles. The molecule has 0 amide bonds. The maximum atomic E-state index is 11.6. The zero-order valence-corrected chi connectivity index (χ0v) is 8.74. The highest BCUT2D eigenvalue weighted by molar-refractivity contribution is 6.27. The summed E-state index contributed by atoms with van der Waals surface area (Å²) in [5.41, 5.74) is 9.05. The Kier molecular flexibility index (Phi) is 4.86. The van der Waals surface area contributed by atoms with Gasteiger partial charge in [-0.2, -0.15) is 4.79 Å². The number of benzene rings is 1. The van der Waals surface area contributed by atoms with Gasteiger partial charge >= 0.3 is 6.21 Å². The Balaban J connectivity index is 2.91. The van der Waals surface area contributed by atoms with Gasteiger partial charge in [0.2, 0.25) is 0 Å². The highest BCUT2D eigenvalue weighted by atomic mass is 16.5. The van der Waals surface area contributed by atoms with Crippen molar-refractivity contribution < 1.29 is 14.3 Å². The summed E-state index contributed by atoms with van der Waals surface area (Å²) in [5.74, 6) is -0.407. The third kappa shape index (κ3) is 3.28. The van der Waals surface area contributed by atoms with Crippen LogP contribution in [0.2, 0.25) is 0 Å². The Hall–Kier alpha value is -2.03. The molecule has 4 nitrogen and oxygen atoms in total. The van der Waals surface area contributed by atoms with Crippen LogP contribution in [0.1, 0.15) is 11.7 Å². The van der Waals surface area contributed by atoms with Gasteiger partial charge in [-0.1, -0.05) is 36.4 Å². The molecule has 0 saturated carbocycles. The normalized spacial score (nSPS) is 11.2. The highest BCUT2D eigenvalue weighted by Gasteiger charge is 2.21. The van der Waals surface area contributed by atoms with Gasteiger partial charge in [0.1, 0.15) is 0 Å². The lowest BCUT2D eigenvalue weighted by Crippen LogP contribution is -2.17. The third-order valence-electron chi connectivity index (χ3n) is 1.93. The van der Waals surface area contributed by atoms with Crippen LogP contribution in [-0.4, -0.2) is 23.4 Å². The van der Waals surface area contributed by atoms with E-state index in [2.05, 4.69) is 11.4 Å². The molecule has 82 valence electrons. The topological polar surface area (TPSA) is 62.7 Å². The molecule has 0 fully saturated rings. The molecule has 4 heteroatoms. The van der Waals surface area contributed by atoms with E-state index in [4.69, 9.17) is 10.3 Å². The van der Waals surface area contributed by atoms with E-state index in [0.717, 1.165) is 6.21 Å². The molecule has 0 aliphatic rings. The molecule has 0 aliphatic heterocycles. The number of nitrogens with zero attached hydrogens (tertiary/aromatic N) is 2. The number of ketones is 1. The predicted octanol–water partition coefficient (Wildman–Crippen LogP) is 1.80. The van der Waals surface area contributed by atoms with E-state index in [0.29, 0.717) is 5.56 Å². The first-order valence-corrected chi connectivity index (χ1v) is 4.78. The second-order valence-corrected chi connectivity index (χ2v) is 3.06. The summed E-state index contributed by atoms with van der Waals surface area (Å²) in [6.45, 7) is 3.77. The summed E-state index contributed by atoms with van der Waals surface area (Å²) in [5, 5.41) is 0. The van der Waals surface area contributed by atoms with Crippen molar-refractivity contribution in [2.45, 2.75) is 6.10 Å². The number of ether oxygens (including phenoxy) is 1. The molecule has 1 aromatic carbocycles. The second-order valence-electron chi connectivity index (χ2n) is 3.06. The summed E-state index contributed by atoms with van der Waals surface area (Å²) >= 11 is 0. The Morgan fingerprint density at radius 1 is 1.50 bits per heavy atom. The maximum absolute atomic E-state index is 11.6. The van der Waals surface area contributed by atoms with Crippen LogP contribution in [-0.2, 0) is 9.53 Å². The fraction of sp³-hybridized carbons (Fsp3) is 0.167. The molecule has 1 rings (SSSR count). The minimum atomic E-state index is -0.755. The smallest absolute Gasteiger partial charge is 0.326 e. The van der Waals surface area contributed by atoms with Crippen LogP contribution < -0.4 is 0 Å². The number of hydrogen-bond donors (Lipinski definition) is 0. The molecule has 1 atom stereocenters. The van der Waals surface area contributed by atoms with Crippen LogP contribution in [0.4, 0.5) is 0 Å². The van der Waals surface area contributed by atoms with Crippen molar-refractivity contribution in [1.29, 1.82) is 0 Å². The molecule has 0 heterocycles. The Morgan fingerprint density at radius 2 is 2.19 bits per heavy atom. The van der Waals surface area contributed by atoms with Gasteiger partial charge in [0.15, 0.2) is 6.10 Å². The summed E-state index contributed by atoms with van der Waals surface area (Å²) < 4.78 is 5.32. The number of hydrogen-bond acceptors (Lipinski definition) is 2. The number of rotatable bonds is 6. The van der Waals surface area contributed by atoms with Crippen LogP contribution in [0, 0.1) is 0 Å². The van der Waals surface area contributed by atoms with Gasteiger partial charge in [-0.05, 0) is 5.56 Å². The molecule has 0 aliphatic carbocycles. The fourth-order valence-corrected chi connectivity index (χ4v) is 1.26. The molecular weight excluding hydrogens is 204 g/mol. The molecule has 0 N–H and O–H groups in total.